The van der Waals surface area contributed by atoms with Gasteiger partial charge in [-0.25, -0.2) is 4.98 Å². The van der Waals surface area contributed by atoms with E-state index in [0.717, 1.165) is 29.0 Å². The summed E-state index contributed by atoms with van der Waals surface area (Å²) < 4.78 is 2.10. The molecule has 0 spiro atoms. The van der Waals surface area contributed by atoms with Gasteiger partial charge < -0.3 is 4.57 Å². The zero-order valence-electron chi connectivity index (χ0n) is 12.0. The zero-order chi connectivity index (χ0) is 15.1. The average molecular weight is 397 g/mol. The quantitative estimate of drug-likeness (QED) is 0.520. The van der Waals surface area contributed by atoms with Gasteiger partial charge in [-0.05, 0) is 40.2 Å². The molecule has 0 N–H and O–H groups in total. The van der Waals surface area contributed by atoms with E-state index in [4.69, 9.17) is 0 Å². The zero-order valence-corrected chi connectivity index (χ0v) is 15.0. The molecule has 1 heterocycles. The summed E-state index contributed by atoms with van der Waals surface area (Å²) in [7, 11) is 1.41. The predicted molar refractivity (Wildman–Crippen MR) is 94.7 cm³/mol. The minimum absolute atomic E-state index is 0.607. The molecule has 0 aliphatic heterocycles. The van der Waals surface area contributed by atoms with Crippen LogP contribution in [0.5, 0.6) is 0 Å². The first-order valence-electron chi connectivity index (χ1n) is 6.40. The fourth-order valence-corrected chi connectivity index (χ4v) is 2.44. The Morgan fingerprint density at radius 3 is 2.60 bits per heavy atom. The summed E-state index contributed by atoms with van der Waals surface area (Å²) in [4.78, 5) is 4.51. The molecule has 0 saturated carbocycles. The summed E-state index contributed by atoms with van der Waals surface area (Å²) in [6.45, 7) is 8.89. The lowest BCUT2D eigenvalue weighted by molar-refractivity contribution is 0.753. The summed E-state index contributed by atoms with van der Waals surface area (Å²) in [5.41, 5.74) is 3.25. The van der Waals surface area contributed by atoms with E-state index in [0.29, 0.717) is 5.56 Å². The highest BCUT2D eigenvalue weighted by Gasteiger charge is 2.10. The highest BCUT2D eigenvalue weighted by molar-refractivity contribution is 14.2. The van der Waals surface area contributed by atoms with E-state index in [-0.39, 0.29) is 0 Å². The third kappa shape index (κ3) is 3.47. The molecular weight excluding hydrogens is 381 g/mol. The van der Waals surface area contributed by atoms with Crippen molar-refractivity contribution in [3.05, 3.63) is 29.1 Å². The fourth-order valence-electron chi connectivity index (χ4n) is 1.96. The molecule has 0 saturated heterocycles. The Morgan fingerprint density at radius 2 is 2.05 bits per heavy atom. The maximum absolute atomic E-state index is 9.19. The van der Waals surface area contributed by atoms with Crippen molar-refractivity contribution in [3.8, 4) is 17.2 Å². The molecule has 1 aromatic heterocycles. The van der Waals surface area contributed by atoms with Gasteiger partial charge in [-0.1, -0.05) is 19.8 Å². The fraction of sp³-hybridized carbons (Fsp3) is 0.333. The topological polar surface area (TPSA) is 41.6 Å². The third-order valence-electron chi connectivity index (χ3n) is 2.74. The van der Waals surface area contributed by atoms with Crippen molar-refractivity contribution in [1.82, 2.24) is 9.55 Å². The van der Waals surface area contributed by atoms with Gasteiger partial charge in [0.15, 0.2) is 0 Å². The Hall–Kier alpha value is -1.18. The van der Waals surface area contributed by atoms with Crippen LogP contribution in [-0.4, -0.2) is 9.55 Å². The standard InChI is InChI=1S/C13H10IN3S.C2H6/c1-3-17-9(2)16-12-6-10(4-5-18-14)11(8-15)7-13(12)17;1-2/h6-7H,3H2,1-2H3;1-2H3. The summed E-state index contributed by atoms with van der Waals surface area (Å²) in [6.07, 6.45) is 0. The molecule has 0 fully saturated rings. The van der Waals surface area contributed by atoms with E-state index < -0.39 is 0 Å². The number of hydrogen-bond donors (Lipinski definition) is 0. The average Bonchev–Trinajstić information content (AvgIpc) is 2.80. The van der Waals surface area contributed by atoms with E-state index in [9.17, 15) is 5.26 Å². The van der Waals surface area contributed by atoms with Crippen LogP contribution in [0.4, 0.5) is 0 Å². The van der Waals surface area contributed by atoms with E-state index in [1.807, 2.05) is 32.9 Å². The maximum atomic E-state index is 9.19. The molecule has 104 valence electrons. The van der Waals surface area contributed by atoms with Gasteiger partial charge in [-0.15, -0.1) is 0 Å². The lowest BCUT2D eigenvalue weighted by atomic mass is 10.1. The van der Waals surface area contributed by atoms with E-state index in [1.54, 1.807) is 0 Å². The van der Waals surface area contributed by atoms with E-state index >= 15 is 0 Å². The first kappa shape index (κ1) is 16.9. The van der Waals surface area contributed by atoms with Crippen molar-refractivity contribution in [3.63, 3.8) is 0 Å². The first-order valence-corrected chi connectivity index (χ1v) is 9.76. The van der Waals surface area contributed by atoms with Crippen molar-refractivity contribution in [2.75, 3.05) is 0 Å². The van der Waals surface area contributed by atoms with E-state index in [1.165, 1.54) is 8.93 Å². The number of nitrogens with zero attached hydrogens (tertiary/aromatic N) is 3. The molecule has 3 nitrogen and oxygen atoms in total. The number of fused-ring (bicyclic) bond motifs is 1. The van der Waals surface area contributed by atoms with Gasteiger partial charge in [0.2, 0.25) is 0 Å². The molecule has 5 heteroatoms. The molecule has 2 rings (SSSR count). The van der Waals surface area contributed by atoms with Crippen molar-refractivity contribution >= 4 is 41.2 Å². The largest absolute Gasteiger partial charge is 0.328 e. The minimum atomic E-state index is 0.607. The number of rotatable bonds is 1. The molecule has 0 atom stereocenters. The van der Waals surface area contributed by atoms with Gasteiger partial charge >= 0.3 is 0 Å². The summed E-state index contributed by atoms with van der Waals surface area (Å²) in [5, 5.41) is 12.1. The Balaban J connectivity index is 0.000000956. The second-order valence-electron chi connectivity index (χ2n) is 3.71. The molecule has 0 radical (unpaired) electrons. The van der Waals surface area contributed by atoms with Crippen molar-refractivity contribution in [2.45, 2.75) is 34.2 Å². The molecule has 2 aromatic rings. The highest BCUT2D eigenvalue weighted by atomic mass is 127. The minimum Gasteiger partial charge on any atom is -0.328 e. The first-order chi connectivity index (χ1) is 9.71. The van der Waals surface area contributed by atoms with Crippen LogP contribution in [0.15, 0.2) is 12.1 Å². The van der Waals surface area contributed by atoms with Crippen LogP contribution in [0.2, 0.25) is 0 Å². The number of aromatic nitrogens is 2. The molecular formula is C15H16IN3S. The number of imidazole rings is 1. The third-order valence-corrected chi connectivity index (χ3v) is 3.58. The van der Waals surface area contributed by atoms with Gasteiger partial charge in [-0.3, -0.25) is 0 Å². The predicted octanol–water partition coefficient (Wildman–Crippen LogP) is 4.65. The number of benzene rings is 1. The second kappa shape index (κ2) is 8.18. The maximum Gasteiger partial charge on any atom is 0.106 e. The lowest BCUT2D eigenvalue weighted by Crippen LogP contribution is -1.96. The molecule has 0 amide bonds. The van der Waals surface area contributed by atoms with Crippen LogP contribution in [0.25, 0.3) is 11.0 Å². The van der Waals surface area contributed by atoms with Gasteiger partial charge in [0.05, 0.1) is 16.6 Å². The molecule has 0 unspecified atom stereocenters. The van der Waals surface area contributed by atoms with Gasteiger partial charge in [-0.2, -0.15) is 5.26 Å². The Bertz CT molecular complexity index is 702. The second-order valence-corrected chi connectivity index (χ2v) is 5.39. The number of hydrogen-bond acceptors (Lipinski definition) is 3. The van der Waals surface area contributed by atoms with Crippen molar-refractivity contribution in [2.24, 2.45) is 0 Å². The number of halogens is 1. The van der Waals surface area contributed by atoms with Crippen LogP contribution < -0.4 is 0 Å². The molecule has 0 aliphatic carbocycles. The van der Waals surface area contributed by atoms with Crippen LogP contribution >= 0.6 is 30.1 Å². The SMILES string of the molecule is CC.CCn1c(C)nc2cc(C#CSI)c(C#N)cc21. The smallest absolute Gasteiger partial charge is 0.106 e. The number of nitriles is 1. The van der Waals surface area contributed by atoms with Crippen LogP contribution in [0.1, 0.15) is 37.7 Å². The lowest BCUT2D eigenvalue weighted by Gasteiger charge is -2.02. The summed E-state index contributed by atoms with van der Waals surface area (Å²) in [5.74, 6) is 3.95. The van der Waals surface area contributed by atoms with Crippen LogP contribution in [-0.2, 0) is 6.54 Å². The molecule has 0 bridgehead atoms. The van der Waals surface area contributed by atoms with Crippen LogP contribution in [0.3, 0.4) is 0 Å². The normalized spacial score (nSPS) is 9.20. The molecule has 0 aliphatic rings. The van der Waals surface area contributed by atoms with Crippen molar-refractivity contribution in [1.29, 1.82) is 5.26 Å². The molecule has 1 aromatic carbocycles. The van der Waals surface area contributed by atoms with Crippen molar-refractivity contribution < 1.29 is 0 Å². The van der Waals surface area contributed by atoms with Crippen LogP contribution in [0, 0.1) is 29.4 Å². The monoisotopic (exact) mass is 397 g/mol. The van der Waals surface area contributed by atoms with Gasteiger partial charge in [0.25, 0.3) is 0 Å². The van der Waals surface area contributed by atoms with Gasteiger partial charge in [0.1, 0.15) is 11.9 Å². The number of aryl methyl sites for hydroxylation is 2. The Labute approximate surface area is 136 Å². The Morgan fingerprint density at radius 1 is 1.35 bits per heavy atom. The van der Waals surface area contributed by atoms with E-state index in [2.05, 4.69) is 54.9 Å². The van der Waals surface area contributed by atoms with Gasteiger partial charge in [0, 0.05) is 33.3 Å². The summed E-state index contributed by atoms with van der Waals surface area (Å²) in [6, 6.07) is 5.97. The Kier molecular flexibility index (Phi) is 6.90. The highest BCUT2D eigenvalue weighted by Crippen LogP contribution is 2.21. The molecule has 20 heavy (non-hydrogen) atoms. The summed E-state index contributed by atoms with van der Waals surface area (Å²) >= 11 is 2.11.